The summed E-state index contributed by atoms with van der Waals surface area (Å²) in [4.78, 5) is 24.4. The Morgan fingerprint density at radius 2 is 1.76 bits per heavy atom. The lowest BCUT2D eigenvalue weighted by Gasteiger charge is -2.17. The van der Waals surface area contributed by atoms with Gasteiger partial charge in [0.05, 0.1) is 17.7 Å². The van der Waals surface area contributed by atoms with Gasteiger partial charge in [0.25, 0.3) is 0 Å². The van der Waals surface area contributed by atoms with Crippen LogP contribution in [0.25, 0.3) is 0 Å². The highest BCUT2D eigenvalue weighted by atomic mass is 32.2. The smallest absolute Gasteiger partial charge is 0.309 e. The molecule has 10 heteroatoms. The molecule has 2 aromatic heterocycles. The molecule has 2 amide bonds. The number of hydrogen-bond donors (Lipinski definition) is 2. The van der Waals surface area contributed by atoms with E-state index in [0.717, 1.165) is 12.1 Å². The molecule has 0 bridgehead atoms. The van der Waals surface area contributed by atoms with Gasteiger partial charge in [-0.25, -0.2) is 12.8 Å². The first kappa shape index (κ1) is 20.7. The Balaban J connectivity index is 1.70. The van der Waals surface area contributed by atoms with Gasteiger partial charge in [-0.2, -0.15) is 0 Å². The Kier molecular flexibility index (Phi) is 6.45. The van der Waals surface area contributed by atoms with Gasteiger partial charge >= 0.3 is 11.8 Å². The molecule has 0 fully saturated rings. The molecule has 0 spiro atoms. The van der Waals surface area contributed by atoms with E-state index in [1.54, 1.807) is 29.6 Å². The number of amides is 2. The van der Waals surface area contributed by atoms with E-state index in [1.807, 2.05) is 0 Å². The van der Waals surface area contributed by atoms with Gasteiger partial charge in [-0.15, -0.1) is 11.3 Å². The number of carbonyl (C=O) groups excluding carboxylic acids is 2. The molecule has 0 saturated carbocycles. The van der Waals surface area contributed by atoms with Crippen LogP contribution in [0.2, 0.25) is 0 Å². The summed E-state index contributed by atoms with van der Waals surface area (Å²) in [6.45, 7) is -0.283. The summed E-state index contributed by atoms with van der Waals surface area (Å²) in [5.41, 5.74) is 0. The SMILES string of the molecule is O=C(NCc1ccco1)C(=O)NC[C@@H](c1cccs1)S(=O)(=O)c1ccc(F)cc1. The van der Waals surface area contributed by atoms with E-state index in [9.17, 15) is 22.4 Å². The van der Waals surface area contributed by atoms with Crippen molar-refractivity contribution in [2.45, 2.75) is 16.7 Å². The van der Waals surface area contributed by atoms with Crippen LogP contribution in [0, 0.1) is 5.82 Å². The van der Waals surface area contributed by atoms with Crippen molar-refractivity contribution in [3.63, 3.8) is 0 Å². The maximum atomic E-state index is 13.2. The summed E-state index contributed by atoms with van der Waals surface area (Å²) in [6.07, 6.45) is 1.44. The molecular formula is C19H17FN2O5S2. The van der Waals surface area contributed by atoms with E-state index in [4.69, 9.17) is 4.42 Å². The van der Waals surface area contributed by atoms with Crippen molar-refractivity contribution in [3.05, 3.63) is 76.6 Å². The number of nitrogens with one attached hydrogen (secondary N) is 2. The molecule has 2 N–H and O–H groups in total. The fourth-order valence-corrected chi connectivity index (χ4v) is 5.34. The Morgan fingerprint density at radius 3 is 2.38 bits per heavy atom. The minimum absolute atomic E-state index is 0.0293. The summed E-state index contributed by atoms with van der Waals surface area (Å²) in [5.74, 6) is -1.96. The Labute approximate surface area is 170 Å². The Morgan fingerprint density at radius 1 is 1.03 bits per heavy atom. The van der Waals surface area contributed by atoms with Crippen LogP contribution in [0.1, 0.15) is 15.9 Å². The first-order chi connectivity index (χ1) is 13.9. The third-order valence-corrected chi connectivity index (χ3v) is 7.27. The zero-order chi connectivity index (χ0) is 20.9. The van der Waals surface area contributed by atoms with Crippen LogP contribution in [-0.4, -0.2) is 26.8 Å². The molecule has 3 rings (SSSR count). The maximum absolute atomic E-state index is 13.2. The second-order valence-corrected chi connectivity index (χ2v) is 9.08. The number of benzene rings is 1. The van der Waals surface area contributed by atoms with Crippen LogP contribution in [0.4, 0.5) is 4.39 Å². The maximum Gasteiger partial charge on any atom is 0.309 e. The second-order valence-electron chi connectivity index (χ2n) is 5.98. The third-order valence-electron chi connectivity index (χ3n) is 4.03. The molecule has 1 aromatic carbocycles. The highest BCUT2D eigenvalue weighted by molar-refractivity contribution is 7.91. The summed E-state index contributed by atoms with van der Waals surface area (Å²) >= 11 is 1.21. The number of rotatable bonds is 7. The molecule has 2 heterocycles. The number of sulfone groups is 1. The van der Waals surface area contributed by atoms with Gasteiger partial charge in [-0.3, -0.25) is 9.59 Å². The molecular weight excluding hydrogens is 419 g/mol. The predicted molar refractivity (Wildman–Crippen MR) is 104 cm³/mol. The predicted octanol–water partition coefficient (Wildman–Crippen LogP) is 2.43. The van der Waals surface area contributed by atoms with Crippen molar-refractivity contribution in [2.24, 2.45) is 0 Å². The van der Waals surface area contributed by atoms with Crippen LogP contribution in [0.3, 0.4) is 0 Å². The van der Waals surface area contributed by atoms with Crippen LogP contribution in [0.15, 0.2) is 69.5 Å². The minimum Gasteiger partial charge on any atom is -0.467 e. The molecule has 0 aliphatic rings. The zero-order valence-electron chi connectivity index (χ0n) is 15.0. The molecule has 29 heavy (non-hydrogen) atoms. The second kappa shape index (κ2) is 9.01. The third kappa shape index (κ3) is 5.09. The topological polar surface area (TPSA) is 105 Å². The van der Waals surface area contributed by atoms with Crippen LogP contribution >= 0.6 is 11.3 Å². The molecule has 0 saturated heterocycles. The zero-order valence-corrected chi connectivity index (χ0v) is 16.6. The van der Waals surface area contributed by atoms with Crippen molar-refractivity contribution in [1.82, 2.24) is 10.6 Å². The van der Waals surface area contributed by atoms with Gasteiger partial charge in [0, 0.05) is 11.4 Å². The summed E-state index contributed by atoms with van der Waals surface area (Å²) in [5, 5.41) is 5.34. The fourth-order valence-electron chi connectivity index (χ4n) is 2.55. The summed E-state index contributed by atoms with van der Waals surface area (Å²) in [7, 11) is -3.93. The van der Waals surface area contributed by atoms with Gasteiger partial charge < -0.3 is 15.1 Å². The first-order valence-corrected chi connectivity index (χ1v) is 10.9. The molecule has 152 valence electrons. The summed E-state index contributed by atoms with van der Waals surface area (Å²) < 4.78 is 44.3. The molecule has 0 unspecified atom stereocenters. The lowest BCUT2D eigenvalue weighted by Crippen LogP contribution is -2.41. The van der Waals surface area contributed by atoms with E-state index in [2.05, 4.69) is 10.6 Å². The van der Waals surface area contributed by atoms with Gasteiger partial charge in [-0.1, -0.05) is 6.07 Å². The van der Waals surface area contributed by atoms with Crippen molar-refractivity contribution in [2.75, 3.05) is 6.54 Å². The van der Waals surface area contributed by atoms with Gasteiger partial charge in [0.2, 0.25) is 0 Å². The molecule has 0 aliphatic heterocycles. The highest BCUT2D eigenvalue weighted by Crippen LogP contribution is 2.31. The van der Waals surface area contributed by atoms with E-state index in [-0.39, 0.29) is 18.0 Å². The lowest BCUT2D eigenvalue weighted by atomic mass is 10.3. The van der Waals surface area contributed by atoms with E-state index in [0.29, 0.717) is 10.6 Å². The van der Waals surface area contributed by atoms with Crippen LogP contribution < -0.4 is 10.6 Å². The number of furan rings is 1. The van der Waals surface area contributed by atoms with Gasteiger partial charge in [0.15, 0.2) is 9.84 Å². The average molecular weight is 436 g/mol. The quantitative estimate of drug-likeness (QED) is 0.437. The first-order valence-electron chi connectivity index (χ1n) is 8.49. The Hall–Kier alpha value is -2.98. The fraction of sp³-hybridized carbons (Fsp3) is 0.158. The lowest BCUT2D eigenvalue weighted by molar-refractivity contribution is -0.139. The number of thiophene rings is 1. The molecule has 1 atom stereocenters. The van der Waals surface area contributed by atoms with Crippen LogP contribution in [-0.2, 0) is 26.0 Å². The monoisotopic (exact) mass is 436 g/mol. The minimum atomic E-state index is -3.93. The summed E-state index contributed by atoms with van der Waals surface area (Å²) in [6, 6.07) is 11.0. The average Bonchev–Trinajstić information content (AvgIpc) is 3.40. The standard InChI is InChI=1S/C19H17FN2O5S2/c20-13-5-7-15(8-6-13)29(25,26)17(16-4-2-10-28-16)12-22-19(24)18(23)21-11-14-3-1-9-27-14/h1-10,17H,11-12H2,(H,21,23)(H,22,24)/t17-/m0/s1. The molecule has 3 aromatic rings. The van der Waals surface area contributed by atoms with Gasteiger partial charge in [-0.05, 0) is 47.8 Å². The van der Waals surface area contributed by atoms with Crippen molar-refractivity contribution >= 4 is 33.0 Å². The highest BCUT2D eigenvalue weighted by Gasteiger charge is 2.31. The van der Waals surface area contributed by atoms with Crippen LogP contribution in [0.5, 0.6) is 0 Å². The Bertz CT molecular complexity index is 1060. The van der Waals surface area contributed by atoms with Crippen molar-refractivity contribution in [3.8, 4) is 0 Å². The van der Waals surface area contributed by atoms with Crippen molar-refractivity contribution < 1.29 is 26.8 Å². The van der Waals surface area contributed by atoms with Crippen molar-refractivity contribution in [1.29, 1.82) is 0 Å². The van der Waals surface area contributed by atoms with E-state index in [1.165, 1.54) is 29.7 Å². The van der Waals surface area contributed by atoms with E-state index >= 15 is 0 Å². The normalized spacial score (nSPS) is 12.3. The largest absolute Gasteiger partial charge is 0.467 e. The number of hydrogen-bond acceptors (Lipinski definition) is 6. The van der Waals surface area contributed by atoms with E-state index < -0.39 is 32.7 Å². The molecule has 0 aliphatic carbocycles. The molecule has 7 nitrogen and oxygen atoms in total. The number of carbonyl (C=O) groups is 2. The van der Waals surface area contributed by atoms with Gasteiger partial charge in [0.1, 0.15) is 16.8 Å². The molecule has 0 radical (unpaired) electrons. The number of halogens is 1.